The van der Waals surface area contributed by atoms with Crippen molar-refractivity contribution in [2.75, 3.05) is 13.2 Å². The van der Waals surface area contributed by atoms with Gasteiger partial charge in [-0.2, -0.15) is 5.10 Å². The van der Waals surface area contributed by atoms with E-state index in [4.69, 9.17) is 4.74 Å². The number of nitrogens with one attached hydrogen (secondary N) is 1. The van der Waals surface area contributed by atoms with E-state index in [1.54, 1.807) is 6.20 Å². The standard InChI is InChI=1S/C14H25N3O/c1-12(2)17-11-14(10-16-17)18-9-8-15-13-6-4-3-5-7-13/h10-13,15H,3-9H2,1-2H3. The van der Waals surface area contributed by atoms with E-state index in [1.807, 2.05) is 10.9 Å². The third-order valence-electron chi connectivity index (χ3n) is 3.52. The summed E-state index contributed by atoms with van der Waals surface area (Å²) in [4.78, 5) is 0. The Morgan fingerprint density at radius 1 is 1.39 bits per heavy atom. The fourth-order valence-corrected chi connectivity index (χ4v) is 2.42. The largest absolute Gasteiger partial charge is 0.489 e. The van der Waals surface area contributed by atoms with Crippen molar-refractivity contribution in [3.8, 4) is 5.75 Å². The zero-order valence-corrected chi connectivity index (χ0v) is 11.6. The van der Waals surface area contributed by atoms with Gasteiger partial charge in [-0.15, -0.1) is 0 Å². The fraction of sp³-hybridized carbons (Fsp3) is 0.786. The first kappa shape index (κ1) is 13.4. The van der Waals surface area contributed by atoms with Crippen LogP contribution in [0.25, 0.3) is 0 Å². The van der Waals surface area contributed by atoms with Crippen molar-refractivity contribution in [1.82, 2.24) is 15.1 Å². The van der Waals surface area contributed by atoms with E-state index in [0.717, 1.165) is 18.9 Å². The van der Waals surface area contributed by atoms with Crippen LogP contribution >= 0.6 is 0 Å². The zero-order valence-electron chi connectivity index (χ0n) is 11.6. The van der Waals surface area contributed by atoms with E-state index in [2.05, 4.69) is 24.3 Å². The van der Waals surface area contributed by atoms with E-state index in [1.165, 1.54) is 32.1 Å². The summed E-state index contributed by atoms with van der Waals surface area (Å²) in [5.74, 6) is 0.870. The second kappa shape index (κ2) is 6.78. The summed E-state index contributed by atoms with van der Waals surface area (Å²) >= 11 is 0. The van der Waals surface area contributed by atoms with Gasteiger partial charge in [-0.3, -0.25) is 4.68 Å². The minimum absolute atomic E-state index is 0.391. The van der Waals surface area contributed by atoms with Crippen LogP contribution < -0.4 is 10.1 Å². The number of rotatable bonds is 6. The Balaban J connectivity index is 1.62. The number of hydrogen-bond donors (Lipinski definition) is 1. The molecule has 0 atom stereocenters. The van der Waals surface area contributed by atoms with Crippen LogP contribution in [-0.2, 0) is 0 Å². The van der Waals surface area contributed by atoms with Crippen molar-refractivity contribution in [2.45, 2.75) is 58.0 Å². The minimum atomic E-state index is 0.391. The zero-order chi connectivity index (χ0) is 12.8. The first-order chi connectivity index (χ1) is 8.75. The number of nitrogens with zero attached hydrogens (tertiary/aromatic N) is 2. The van der Waals surface area contributed by atoms with Crippen LogP contribution in [0.2, 0.25) is 0 Å². The number of hydrogen-bond acceptors (Lipinski definition) is 3. The Hall–Kier alpha value is -1.03. The quantitative estimate of drug-likeness (QED) is 0.790. The van der Waals surface area contributed by atoms with Crippen LogP contribution in [0.3, 0.4) is 0 Å². The summed E-state index contributed by atoms with van der Waals surface area (Å²) in [6, 6.07) is 1.10. The van der Waals surface area contributed by atoms with Crippen LogP contribution in [0.15, 0.2) is 12.4 Å². The van der Waals surface area contributed by atoms with Gasteiger partial charge < -0.3 is 10.1 Å². The molecule has 0 amide bonds. The highest BCUT2D eigenvalue weighted by Crippen LogP contribution is 2.17. The molecule has 102 valence electrons. The molecule has 4 nitrogen and oxygen atoms in total. The Kier molecular flexibility index (Phi) is 5.05. The normalized spacial score (nSPS) is 17.3. The lowest BCUT2D eigenvalue weighted by molar-refractivity contribution is 0.289. The molecule has 4 heteroatoms. The molecular formula is C14H25N3O. The first-order valence-electron chi connectivity index (χ1n) is 7.16. The van der Waals surface area contributed by atoms with Crippen LogP contribution in [0.1, 0.15) is 52.0 Å². The molecule has 0 bridgehead atoms. The molecule has 1 saturated carbocycles. The molecule has 1 aliphatic carbocycles. The van der Waals surface area contributed by atoms with E-state index >= 15 is 0 Å². The average Bonchev–Trinajstić information content (AvgIpc) is 2.85. The van der Waals surface area contributed by atoms with Crippen molar-refractivity contribution >= 4 is 0 Å². The van der Waals surface area contributed by atoms with Gasteiger partial charge in [-0.1, -0.05) is 19.3 Å². The van der Waals surface area contributed by atoms with Crippen LogP contribution in [0.4, 0.5) is 0 Å². The van der Waals surface area contributed by atoms with Crippen LogP contribution in [0.5, 0.6) is 5.75 Å². The molecule has 18 heavy (non-hydrogen) atoms. The average molecular weight is 251 g/mol. The van der Waals surface area contributed by atoms with E-state index in [0.29, 0.717) is 12.1 Å². The molecule has 0 aromatic carbocycles. The van der Waals surface area contributed by atoms with E-state index < -0.39 is 0 Å². The number of ether oxygens (including phenoxy) is 1. The second-order valence-corrected chi connectivity index (χ2v) is 5.39. The van der Waals surface area contributed by atoms with E-state index in [9.17, 15) is 0 Å². The topological polar surface area (TPSA) is 39.1 Å². The monoisotopic (exact) mass is 251 g/mol. The smallest absolute Gasteiger partial charge is 0.157 e. The molecular weight excluding hydrogens is 226 g/mol. The first-order valence-corrected chi connectivity index (χ1v) is 7.16. The maximum Gasteiger partial charge on any atom is 0.157 e. The predicted octanol–water partition coefficient (Wildman–Crippen LogP) is 2.77. The summed E-state index contributed by atoms with van der Waals surface area (Å²) in [7, 11) is 0. The van der Waals surface area contributed by atoms with Gasteiger partial charge in [-0.05, 0) is 26.7 Å². The van der Waals surface area contributed by atoms with Gasteiger partial charge in [0.2, 0.25) is 0 Å². The molecule has 1 aromatic heterocycles. The molecule has 1 N–H and O–H groups in total. The maximum atomic E-state index is 5.68. The molecule has 1 fully saturated rings. The van der Waals surface area contributed by atoms with E-state index in [-0.39, 0.29) is 0 Å². The number of aromatic nitrogens is 2. The molecule has 0 aliphatic heterocycles. The molecule has 1 heterocycles. The predicted molar refractivity (Wildman–Crippen MR) is 73.0 cm³/mol. The highest BCUT2D eigenvalue weighted by atomic mass is 16.5. The Labute approximate surface area is 110 Å². The van der Waals surface area contributed by atoms with Crippen molar-refractivity contribution in [1.29, 1.82) is 0 Å². The van der Waals surface area contributed by atoms with Gasteiger partial charge in [-0.25, -0.2) is 0 Å². The molecule has 1 aromatic rings. The lowest BCUT2D eigenvalue weighted by Gasteiger charge is -2.22. The Bertz CT molecular complexity index is 343. The SMILES string of the molecule is CC(C)n1cc(OCCNC2CCCCC2)cn1. The third-order valence-corrected chi connectivity index (χ3v) is 3.52. The fourth-order valence-electron chi connectivity index (χ4n) is 2.42. The highest BCUT2D eigenvalue weighted by Gasteiger charge is 2.11. The van der Waals surface area contributed by atoms with Crippen LogP contribution in [-0.4, -0.2) is 29.0 Å². The summed E-state index contributed by atoms with van der Waals surface area (Å²) in [6.45, 7) is 5.88. The third kappa shape index (κ3) is 4.02. The molecule has 1 aliphatic rings. The summed E-state index contributed by atoms with van der Waals surface area (Å²) in [6.07, 6.45) is 10.6. The lowest BCUT2D eigenvalue weighted by Crippen LogP contribution is -2.34. The molecule has 2 rings (SSSR count). The maximum absolute atomic E-state index is 5.68. The Morgan fingerprint density at radius 2 is 2.17 bits per heavy atom. The van der Waals surface area contributed by atoms with Crippen LogP contribution in [0, 0.1) is 0 Å². The summed E-state index contributed by atoms with van der Waals surface area (Å²) in [5, 5.41) is 7.82. The molecule has 0 saturated heterocycles. The van der Waals surface area contributed by atoms with Crippen molar-refractivity contribution in [3.63, 3.8) is 0 Å². The van der Waals surface area contributed by atoms with Gasteiger partial charge in [0, 0.05) is 18.6 Å². The summed E-state index contributed by atoms with van der Waals surface area (Å²) in [5.41, 5.74) is 0. The Morgan fingerprint density at radius 3 is 2.83 bits per heavy atom. The van der Waals surface area contributed by atoms with Crippen molar-refractivity contribution in [2.24, 2.45) is 0 Å². The molecule has 0 spiro atoms. The van der Waals surface area contributed by atoms with Gasteiger partial charge in [0.25, 0.3) is 0 Å². The van der Waals surface area contributed by atoms with Gasteiger partial charge in [0.05, 0.1) is 12.4 Å². The minimum Gasteiger partial charge on any atom is -0.489 e. The van der Waals surface area contributed by atoms with Gasteiger partial charge >= 0.3 is 0 Å². The highest BCUT2D eigenvalue weighted by molar-refractivity contribution is 5.11. The molecule has 0 radical (unpaired) electrons. The lowest BCUT2D eigenvalue weighted by atomic mass is 9.96. The van der Waals surface area contributed by atoms with Gasteiger partial charge in [0.1, 0.15) is 6.61 Å². The van der Waals surface area contributed by atoms with Crippen molar-refractivity contribution < 1.29 is 4.74 Å². The summed E-state index contributed by atoms with van der Waals surface area (Å²) < 4.78 is 7.60. The van der Waals surface area contributed by atoms with Gasteiger partial charge in [0.15, 0.2) is 5.75 Å². The second-order valence-electron chi connectivity index (χ2n) is 5.39. The molecule has 0 unspecified atom stereocenters. The van der Waals surface area contributed by atoms with Crippen molar-refractivity contribution in [3.05, 3.63) is 12.4 Å².